The summed E-state index contributed by atoms with van der Waals surface area (Å²) in [7, 11) is 0. The predicted octanol–water partition coefficient (Wildman–Crippen LogP) is 19.6. The van der Waals surface area contributed by atoms with Crippen molar-refractivity contribution in [2.45, 2.75) is 52.4 Å². The first-order valence-electron chi connectivity index (χ1n) is 24.4. The Kier molecular flexibility index (Phi) is 9.32. The number of hydrogen-bond acceptors (Lipinski definition) is 4. The number of hydrogen-bond donors (Lipinski definition) is 0. The SMILES string of the molecule is CC(C)(C)c1ccc2c(N(c3ccc4ccccc4c3)c3ccc4c(c3)oc3ccccc34)c3cc(C(C)(C)C)ccc3c(N(c3ccc4ccccc4c3)c3ccc4c(c3)oc3ccccc34)c2c1. The molecule has 0 N–H and O–H groups in total. The zero-order valence-electron chi connectivity index (χ0n) is 40.3. The first-order valence-corrected chi connectivity index (χ1v) is 24.4. The summed E-state index contributed by atoms with van der Waals surface area (Å²) in [5.74, 6) is 0. The molecule has 338 valence electrons. The molecular weight excluding hydrogens is 853 g/mol. The van der Waals surface area contributed by atoms with Gasteiger partial charge in [-0.3, -0.25) is 0 Å². The molecule has 0 saturated heterocycles. The molecule has 70 heavy (non-hydrogen) atoms. The summed E-state index contributed by atoms with van der Waals surface area (Å²) in [4.78, 5) is 4.97. The molecule has 0 bridgehead atoms. The zero-order chi connectivity index (χ0) is 47.5. The Morgan fingerprint density at radius 2 is 0.614 bits per heavy atom. The van der Waals surface area contributed by atoms with Crippen LogP contribution in [0.2, 0.25) is 0 Å². The number of para-hydroxylation sites is 2. The van der Waals surface area contributed by atoms with Crippen LogP contribution < -0.4 is 9.80 Å². The van der Waals surface area contributed by atoms with Crippen LogP contribution in [0.25, 0.3) is 87.0 Å². The molecule has 0 radical (unpaired) electrons. The molecule has 0 fully saturated rings. The number of furan rings is 2. The average molecular weight is 905 g/mol. The van der Waals surface area contributed by atoms with E-state index in [1.807, 2.05) is 12.1 Å². The fourth-order valence-electron chi connectivity index (χ4n) is 10.8. The first kappa shape index (κ1) is 41.8. The van der Waals surface area contributed by atoms with E-state index in [9.17, 15) is 0 Å². The van der Waals surface area contributed by atoms with Crippen LogP contribution in [0.4, 0.5) is 34.1 Å². The molecule has 0 spiro atoms. The lowest BCUT2D eigenvalue weighted by Crippen LogP contribution is -2.17. The molecule has 11 aromatic carbocycles. The fraction of sp³-hybridized carbons (Fsp3) is 0.121. The summed E-state index contributed by atoms with van der Waals surface area (Å²) in [6, 6.07) is 75.5. The van der Waals surface area contributed by atoms with Crippen LogP contribution in [-0.4, -0.2) is 0 Å². The number of nitrogens with zero attached hydrogens (tertiary/aromatic N) is 2. The van der Waals surface area contributed by atoms with E-state index in [4.69, 9.17) is 8.83 Å². The molecule has 2 aromatic heterocycles. The maximum Gasteiger partial charge on any atom is 0.137 e. The van der Waals surface area contributed by atoms with Gasteiger partial charge < -0.3 is 18.6 Å². The third-order valence-corrected chi connectivity index (χ3v) is 14.5. The van der Waals surface area contributed by atoms with Gasteiger partial charge in [0.15, 0.2) is 0 Å². The minimum atomic E-state index is -0.137. The molecule has 13 rings (SSSR count). The minimum Gasteiger partial charge on any atom is -0.456 e. The van der Waals surface area contributed by atoms with Crippen molar-refractivity contribution in [1.82, 2.24) is 0 Å². The quantitative estimate of drug-likeness (QED) is 0.123. The molecule has 0 unspecified atom stereocenters. The molecular formula is C66H52N2O2. The van der Waals surface area contributed by atoms with Gasteiger partial charge in [-0.1, -0.05) is 163 Å². The topological polar surface area (TPSA) is 32.8 Å². The van der Waals surface area contributed by atoms with E-state index >= 15 is 0 Å². The van der Waals surface area contributed by atoms with Gasteiger partial charge in [-0.15, -0.1) is 0 Å². The second-order valence-corrected chi connectivity index (χ2v) is 21.0. The number of anilines is 6. The number of fused-ring (bicyclic) bond motifs is 10. The summed E-state index contributed by atoms with van der Waals surface area (Å²) < 4.78 is 13.3. The number of rotatable bonds is 6. The Labute approximate surface area is 407 Å². The second kappa shape index (κ2) is 15.6. The molecule has 13 aromatic rings. The molecule has 0 amide bonds. The Morgan fingerprint density at radius 3 is 1.04 bits per heavy atom. The van der Waals surface area contributed by atoms with Gasteiger partial charge >= 0.3 is 0 Å². The van der Waals surface area contributed by atoms with E-state index in [0.29, 0.717) is 0 Å². The second-order valence-electron chi connectivity index (χ2n) is 21.0. The highest BCUT2D eigenvalue weighted by Crippen LogP contribution is 2.53. The fourth-order valence-corrected chi connectivity index (χ4v) is 10.8. The highest BCUT2D eigenvalue weighted by atomic mass is 16.3. The Morgan fingerprint density at radius 1 is 0.271 bits per heavy atom. The summed E-state index contributed by atoms with van der Waals surface area (Å²) in [5.41, 5.74) is 12.1. The maximum atomic E-state index is 6.67. The van der Waals surface area contributed by atoms with Crippen molar-refractivity contribution in [2.24, 2.45) is 0 Å². The van der Waals surface area contributed by atoms with Crippen molar-refractivity contribution in [3.05, 3.63) is 217 Å². The summed E-state index contributed by atoms with van der Waals surface area (Å²) in [5, 5.41) is 13.7. The van der Waals surface area contributed by atoms with Gasteiger partial charge in [0, 0.05) is 78.0 Å². The summed E-state index contributed by atoms with van der Waals surface area (Å²) >= 11 is 0. The van der Waals surface area contributed by atoms with E-state index in [2.05, 4.69) is 245 Å². The van der Waals surface area contributed by atoms with E-state index in [-0.39, 0.29) is 10.8 Å². The molecule has 2 heterocycles. The summed E-state index contributed by atoms with van der Waals surface area (Å²) in [6.45, 7) is 13.9. The average Bonchev–Trinajstić information content (AvgIpc) is 3.94. The largest absolute Gasteiger partial charge is 0.456 e. The Hall–Kier alpha value is -8.34. The highest BCUT2D eigenvalue weighted by Gasteiger charge is 2.29. The lowest BCUT2D eigenvalue weighted by atomic mass is 9.82. The van der Waals surface area contributed by atoms with Crippen LogP contribution in [-0.2, 0) is 10.8 Å². The van der Waals surface area contributed by atoms with Crippen molar-refractivity contribution in [1.29, 1.82) is 0 Å². The standard InChI is InChI=1S/C66H52N2O2/c1-65(2,3)45-25-31-55-57(37-45)63(67(47-27-23-41-15-7-9-17-43(41)35-47)49-29-33-53-51-19-11-13-21-59(51)69-61(53)39-49)56-32-26-46(66(4,5)6)38-58(56)64(55)68(48-28-24-42-16-8-10-18-44(42)36-48)50-30-34-54-52-20-12-14-22-60(52)70-62(54)40-50/h7-40H,1-6H3. The van der Waals surface area contributed by atoms with Crippen molar-refractivity contribution < 1.29 is 8.83 Å². The van der Waals surface area contributed by atoms with Gasteiger partial charge in [-0.05, 0) is 116 Å². The molecule has 0 aliphatic rings. The van der Waals surface area contributed by atoms with Gasteiger partial charge in [-0.2, -0.15) is 0 Å². The Balaban J connectivity index is 1.19. The highest BCUT2D eigenvalue weighted by molar-refractivity contribution is 6.24. The van der Waals surface area contributed by atoms with E-state index in [0.717, 1.165) is 99.5 Å². The molecule has 4 heteroatoms. The molecule has 0 aliphatic heterocycles. The molecule has 4 nitrogen and oxygen atoms in total. The zero-order valence-corrected chi connectivity index (χ0v) is 40.3. The molecule has 0 saturated carbocycles. The minimum absolute atomic E-state index is 0.137. The monoisotopic (exact) mass is 904 g/mol. The van der Waals surface area contributed by atoms with Crippen molar-refractivity contribution in [3.8, 4) is 0 Å². The van der Waals surface area contributed by atoms with Crippen LogP contribution in [0.5, 0.6) is 0 Å². The van der Waals surface area contributed by atoms with Crippen molar-refractivity contribution >= 4 is 121 Å². The van der Waals surface area contributed by atoms with Crippen molar-refractivity contribution in [3.63, 3.8) is 0 Å². The first-order chi connectivity index (χ1) is 33.9. The smallest absolute Gasteiger partial charge is 0.137 e. The van der Waals surface area contributed by atoms with E-state index < -0.39 is 0 Å². The van der Waals surface area contributed by atoms with Gasteiger partial charge in [0.25, 0.3) is 0 Å². The van der Waals surface area contributed by atoms with Gasteiger partial charge in [0.2, 0.25) is 0 Å². The van der Waals surface area contributed by atoms with Crippen LogP contribution in [0.3, 0.4) is 0 Å². The van der Waals surface area contributed by atoms with Gasteiger partial charge in [-0.25, -0.2) is 0 Å². The lowest BCUT2D eigenvalue weighted by molar-refractivity contribution is 0.590. The summed E-state index contributed by atoms with van der Waals surface area (Å²) in [6.07, 6.45) is 0. The van der Waals surface area contributed by atoms with Gasteiger partial charge in [0.1, 0.15) is 22.3 Å². The van der Waals surface area contributed by atoms with Crippen LogP contribution in [0, 0.1) is 0 Å². The lowest BCUT2D eigenvalue weighted by Gasteiger charge is -2.34. The van der Waals surface area contributed by atoms with Crippen LogP contribution in [0.15, 0.2) is 215 Å². The van der Waals surface area contributed by atoms with Crippen LogP contribution >= 0.6 is 0 Å². The third-order valence-electron chi connectivity index (χ3n) is 14.5. The normalized spacial score (nSPS) is 12.4. The van der Waals surface area contributed by atoms with E-state index in [1.165, 1.54) is 32.7 Å². The molecule has 0 aliphatic carbocycles. The molecule has 0 atom stereocenters. The third kappa shape index (κ3) is 6.81. The van der Waals surface area contributed by atoms with Crippen LogP contribution in [0.1, 0.15) is 52.7 Å². The van der Waals surface area contributed by atoms with Crippen molar-refractivity contribution in [2.75, 3.05) is 9.80 Å². The van der Waals surface area contributed by atoms with Gasteiger partial charge in [0.05, 0.1) is 11.4 Å². The Bertz CT molecular complexity index is 3960. The maximum absolute atomic E-state index is 6.67. The predicted molar refractivity (Wildman–Crippen MR) is 298 cm³/mol. The van der Waals surface area contributed by atoms with E-state index in [1.54, 1.807) is 0 Å². The number of benzene rings is 11.